The summed E-state index contributed by atoms with van der Waals surface area (Å²) >= 11 is 0. The minimum atomic E-state index is 0.574. The van der Waals surface area contributed by atoms with E-state index in [4.69, 9.17) is 0 Å². The van der Waals surface area contributed by atoms with Crippen LogP contribution in [0.15, 0.2) is 12.3 Å². The Morgan fingerprint density at radius 3 is 2.80 bits per heavy atom. The largest absolute Gasteiger partial charge is 0.391 e. The summed E-state index contributed by atoms with van der Waals surface area (Å²) in [5.41, 5.74) is 1.15. The second kappa shape index (κ2) is 3.06. The van der Waals surface area contributed by atoms with Gasteiger partial charge in [-0.15, -0.1) is 0 Å². The molecule has 0 aromatic carbocycles. The predicted molar refractivity (Wildman–Crippen MR) is 43.9 cm³/mol. The van der Waals surface area contributed by atoms with Crippen LogP contribution in [0.2, 0.25) is 0 Å². The minimum absolute atomic E-state index is 0.574. The van der Waals surface area contributed by atoms with Gasteiger partial charge < -0.3 is 5.32 Å². The van der Waals surface area contributed by atoms with Crippen molar-refractivity contribution in [3.8, 4) is 0 Å². The van der Waals surface area contributed by atoms with E-state index in [0.717, 1.165) is 5.70 Å². The number of nitrogens with zero attached hydrogens (tertiary/aromatic N) is 1. The molecule has 1 aliphatic heterocycles. The van der Waals surface area contributed by atoms with E-state index in [0.29, 0.717) is 6.04 Å². The molecule has 58 valence electrons. The Balaban J connectivity index is 2.46. The van der Waals surface area contributed by atoms with Gasteiger partial charge in [0.2, 0.25) is 0 Å². The molecule has 0 aliphatic carbocycles. The molecule has 0 amide bonds. The maximum Gasteiger partial charge on any atom is 0.0486 e. The van der Waals surface area contributed by atoms with Crippen molar-refractivity contribution in [2.75, 3.05) is 20.6 Å². The normalized spacial score (nSPS) is 26.8. The molecule has 1 aliphatic rings. The van der Waals surface area contributed by atoms with Crippen molar-refractivity contribution in [1.29, 1.82) is 0 Å². The second-order valence-corrected chi connectivity index (χ2v) is 2.91. The molecule has 0 spiro atoms. The molecule has 1 heterocycles. The van der Waals surface area contributed by atoms with Crippen LogP contribution in [0.1, 0.15) is 12.8 Å². The lowest BCUT2D eigenvalue weighted by molar-refractivity contribution is 0.337. The van der Waals surface area contributed by atoms with E-state index in [1.165, 1.54) is 19.4 Å². The number of likely N-dealkylation sites (tertiary alicyclic amines) is 1. The number of hydrogen-bond acceptors (Lipinski definition) is 2. The minimum Gasteiger partial charge on any atom is -0.391 e. The molecule has 2 nitrogen and oxygen atoms in total. The Morgan fingerprint density at radius 1 is 1.70 bits per heavy atom. The van der Waals surface area contributed by atoms with E-state index in [1.807, 2.05) is 7.05 Å². The molecule has 1 fully saturated rings. The molecule has 1 atom stereocenters. The zero-order valence-corrected chi connectivity index (χ0v) is 6.85. The highest BCUT2D eigenvalue weighted by atomic mass is 15.2. The van der Waals surface area contributed by atoms with E-state index >= 15 is 0 Å². The van der Waals surface area contributed by atoms with Crippen LogP contribution in [-0.4, -0.2) is 31.6 Å². The van der Waals surface area contributed by atoms with Crippen molar-refractivity contribution < 1.29 is 0 Å². The molecule has 0 bridgehead atoms. The van der Waals surface area contributed by atoms with Gasteiger partial charge in [-0.2, -0.15) is 0 Å². The Hall–Kier alpha value is -0.500. The Kier molecular flexibility index (Phi) is 2.33. The predicted octanol–water partition coefficient (Wildman–Crippen LogP) is 0.814. The molecule has 0 aromatic rings. The van der Waals surface area contributed by atoms with Gasteiger partial charge in [-0.3, -0.25) is 4.90 Å². The Labute approximate surface area is 62.9 Å². The third kappa shape index (κ3) is 1.32. The molecule has 0 radical (unpaired) electrons. The van der Waals surface area contributed by atoms with Crippen LogP contribution < -0.4 is 5.32 Å². The monoisotopic (exact) mass is 140 g/mol. The van der Waals surface area contributed by atoms with Gasteiger partial charge in [-0.25, -0.2) is 0 Å². The molecule has 1 rings (SSSR count). The van der Waals surface area contributed by atoms with E-state index in [1.54, 1.807) is 0 Å². The SMILES string of the molecule is C=C(NC)[C@@H]1CCCN1C. The van der Waals surface area contributed by atoms with Gasteiger partial charge >= 0.3 is 0 Å². The summed E-state index contributed by atoms with van der Waals surface area (Å²) in [4.78, 5) is 2.35. The standard InChI is InChI=1S/C8H16N2/c1-7(9-2)8-5-4-6-10(8)3/h8-9H,1,4-6H2,2-3H3/t8-/m0/s1. The summed E-state index contributed by atoms with van der Waals surface area (Å²) < 4.78 is 0. The molecule has 1 saturated heterocycles. The van der Waals surface area contributed by atoms with Gasteiger partial charge in [-0.1, -0.05) is 6.58 Å². The van der Waals surface area contributed by atoms with Crippen LogP contribution in [0.5, 0.6) is 0 Å². The third-order valence-corrected chi connectivity index (χ3v) is 2.24. The average Bonchev–Trinajstić information content (AvgIpc) is 2.34. The number of hydrogen-bond donors (Lipinski definition) is 1. The number of nitrogens with one attached hydrogen (secondary N) is 1. The van der Waals surface area contributed by atoms with E-state index in [9.17, 15) is 0 Å². The smallest absolute Gasteiger partial charge is 0.0486 e. The van der Waals surface area contributed by atoms with Crippen LogP contribution in [-0.2, 0) is 0 Å². The molecule has 2 heteroatoms. The third-order valence-electron chi connectivity index (χ3n) is 2.24. The lowest BCUT2D eigenvalue weighted by Crippen LogP contribution is -2.31. The Morgan fingerprint density at radius 2 is 2.40 bits per heavy atom. The van der Waals surface area contributed by atoms with Crippen LogP contribution in [0.25, 0.3) is 0 Å². The zero-order valence-electron chi connectivity index (χ0n) is 6.85. The van der Waals surface area contributed by atoms with Crippen molar-refractivity contribution in [2.24, 2.45) is 0 Å². The lowest BCUT2D eigenvalue weighted by atomic mass is 10.2. The summed E-state index contributed by atoms with van der Waals surface area (Å²) in [5, 5.41) is 3.10. The molecule has 0 saturated carbocycles. The lowest BCUT2D eigenvalue weighted by Gasteiger charge is -2.21. The van der Waals surface area contributed by atoms with Crippen molar-refractivity contribution in [3.05, 3.63) is 12.3 Å². The van der Waals surface area contributed by atoms with Gasteiger partial charge in [0, 0.05) is 18.8 Å². The average molecular weight is 140 g/mol. The second-order valence-electron chi connectivity index (χ2n) is 2.91. The van der Waals surface area contributed by atoms with Gasteiger partial charge in [0.15, 0.2) is 0 Å². The first-order chi connectivity index (χ1) is 4.75. The summed E-state index contributed by atoms with van der Waals surface area (Å²) in [7, 11) is 4.09. The fraction of sp³-hybridized carbons (Fsp3) is 0.750. The molecular weight excluding hydrogens is 124 g/mol. The number of rotatable bonds is 2. The molecule has 0 unspecified atom stereocenters. The fourth-order valence-corrected chi connectivity index (χ4v) is 1.52. The first-order valence-corrected chi connectivity index (χ1v) is 3.82. The fourth-order valence-electron chi connectivity index (χ4n) is 1.52. The highest BCUT2D eigenvalue weighted by molar-refractivity contribution is 5.04. The zero-order chi connectivity index (χ0) is 7.56. The van der Waals surface area contributed by atoms with Crippen LogP contribution in [0, 0.1) is 0 Å². The van der Waals surface area contributed by atoms with Gasteiger partial charge in [0.05, 0.1) is 0 Å². The van der Waals surface area contributed by atoms with E-state index < -0.39 is 0 Å². The topological polar surface area (TPSA) is 15.3 Å². The van der Waals surface area contributed by atoms with Crippen molar-refractivity contribution in [1.82, 2.24) is 10.2 Å². The molecule has 10 heavy (non-hydrogen) atoms. The first-order valence-electron chi connectivity index (χ1n) is 3.82. The van der Waals surface area contributed by atoms with Crippen LogP contribution >= 0.6 is 0 Å². The van der Waals surface area contributed by atoms with Crippen LogP contribution in [0.4, 0.5) is 0 Å². The van der Waals surface area contributed by atoms with Gasteiger partial charge in [0.25, 0.3) is 0 Å². The van der Waals surface area contributed by atoms with Gasteiger partial charge in [0.1, 0.15) is 0 Å². The molecule has 0 aromatic heterocycles. The molecule has 1 N–H and O–H groups in total. The van der Waals surface area contributed by atoms with E-state index in [-0.39, 0.29) is 0 Å². The van der Waals surface area contributed by atoms with Crippen molar-refractivity contribution in [2.45, 2.75) is 18.9 Å². The highest BCUT2D eigenvalue weighted by Crippen LogP contribution is 2.18. The maximum atomic E-state index is 3.95. The summed E-state index contributed by atoms with van der Waals surface area (Å²) in [5.74, 6) is 0. The summed E-state index contributed by atoms with van der Waals surface area (Å²) in [6.45, 7) is 5.17. The van der Waals surface area contributed by atoms with Crippen molar-refractivity contribution >= 4 is 0 Å². The van der Waals surface area contributed by atoms with E-state index in [2.05, 4.69) is 23.8 Å². The quantitative estimate of drug-likeness (QED) is 0.610. The highest BCUT2D eigenvalue weighted by Gasteiger charge is 2.22. The number of likely N-dealkylation sites (N-methyl/N-ethyl adjacent to an activating group) is 2. The first kappa shape index (κ1) is 7.61. The van der Waals surface area contributed by atoms with Crippen LogP contribution in [0.3, 0.4) is 0 Å². The van der Waals surface area contributed by atoms with Crippen molar-refractivity contribution in [3.63, 3.8) is 0 Å². The summed E-state index contributed by atoms with van der Waals surface area (Å²) in [6, 6.07) is 0.574. The molecular formula is C8H16N2. The summed E-state index contributed by atoms with van der Waals surface area (Å²) in [6.07, 6.45) is 2.57. The van der Waals surface area contributed by atoms with Gasteiger partial charge in [-0.05, 0) is 26.4 Å². The Bertz CT molecular complexity index is 131. The maximum absolute atomic E-state index is 3.95.